The van der Waals surface area contributed by atoms with Crippen LogP contribution in [0.4, 0.5) is 47.3 Å². The minimum Gasteiger partial charge on any atom is -0.443 e. The van der Waals surface area contributed by atoms with Crippen LogP contribution in [0.15, 0.2) is 18.5 Å². The van der Waals surface area contributed by atoms with Crippen molar-refractivity contribution in [3.05, 3.63) is 35.4 Å². The van der Waals surface area contributed by atoms with E-state index in [4.69, 9.17) is 4.74 Å². The summed E-state index contributed by atoms with van der Waals surface area (Å²) < 4.78 is 102. The SMILES string of the molecule is CC(C)NC(=O)O[C@@H]1CC[C@H](c2cc(Nc3ncc(C(F)(F)F)c4nc(COC(F)(F)F)cn34)n[nH]2)[C@@H]1F. The zero-order valence-electron chi connectivity index (χ0n) is 19.8. The van der Waals surface area contributed by atoms with Crippen molar-refractivity contribution in [3.63, 3.8) is 0 Å². The van der Waals surface area contributed by atoms with Crippen LogP contribution in [0.2, 0.25) is 0 Å². The first kappa shape index (κ1) is 27.4. The quantitative estimate of drug-likeness (QED) is 0.354. The van der Waals surface area contributed by atoms with Crippen LogP contribution in [0, 0.1) is 0 Å². The maximum absolute atomic E-state index is 15.0. The Morgan fingerprint density at radius 1 is 1.24 bits per heavy atom. The molecule has 208 valence electrons. The van der Waals surface area contributed by atoms with Crippen molar-refractivity contribution in [2.24, 2.45) is 0 Å². The van der Waals surface area contributed by atoms with Gasteiger partial charge in [-0.05, 0) is 26.7 Å². The van der Waals surface area contributed by atoms with Gasteiger partial charge in [0.2, 0.25) is 5.95 Å². The average Bonchev–Trinajstić information content (AvgIpc) is 3.50. The number of aromatic amines is 1. The molecule has 38 heavy (non-hydrogen) atoms. The summed E-state index contributed by atoms with van der Waals surface area (Å²) in [6, 6.07) is 1.22. The van der Waals surface area contributed by atoms with Crippen molar-refractivity contribution in [2.45, 2.75) is 70.1 Å². The molecule has 0 aromatic carbocycles. The van der Waals surface area contributed by atoms with Gasteiger partial charge in [0.05, 0.1) is 12.3 Å². The van der Waals surface area contributed by atoms with Gasteiger partial charge in [-0.2, -0.15) is 18.3 Å². The number of carbonyl (C=O) groups excluding carboxylic acids is 1. The first-order valence-electron chi connectivity index (χ1n) is 11.3. The van der Waals surface area contributed by atoms with Gasteiger partial charge in [-0.15, -0.1) is 13.2 Å². The lowest BCUT2D eigenvalue weighted by atomic mass is 10.0. The number of alkyl carbamates (subject to hydrolysis) is 1. The van der Waals surface area contributed by atoms with E-state index in [1.165, 1.54) is 6.07 Å². The summed E-state index contributed by atoms with van der Waals surface area (Å²) >= 11 is 0. The lowest BCUT2D eigenvalue weighted by Gasteiger charge is -2.18. The van der Waals surface area contributed by atoms with Crippen LogP contribution in [0.5, 0.6) is 0 Å². The summed E-state index contributed by atoms with van der Waals surface area (Å²) in [6.07, 6.45) is -11.2. The van der Waals surface area contributed by atoms with Gasteiger partial charge in [-0.1, -0.05) is 0 Å². The van der Waals surface area contributed by atoms with E-state index >= 15 is 0 Å². The summed E-state index contributed by atoms with van der Waals surface area (Å²) in [5, 5.41) is 11.8. The van der Waals surface area contributed by atoms with Gasteiger partial charge in [0.25, 0.3) is 0 Å². The fraction of sp³-hybridized carbons (Fsp3) is 0.524. The number of nitrogens with zero attached hydrogens (tertiary/aromatic N) is 4. The Kier molecular flexibility index (Phi) is 7.40. The van der Waals surface area contributed by atoms with Crippen LogP contribution in [0.25, 0.3) is 5.65 Å². The van der Waals surface area contributed by atoms with Crippen LogP contribution >= 0.6 is 0 Å². The van der Waals surface area contributed by atoms with Crippen molar-refractivity contribution in [2.75, 3.05) is 5.32 Å². The lowest BCUT2D eigenvalue weighted by molar-refractivity contribution is -0.330. The highest BCUT2D eigenvalue weighted by Gasteiger charge is 2.41. The third kappa shape index (κ3) is 6.25. The highest BCUT2D eigenvalue weighted by Crippen LogP contribution is 2.39. The zero-order valence-corrected chi connectivity index (χ0v) is 19.8. The second kappa shape index (κ2) is 10.3. The number of alkyl halides is 7. The number of rotatable bonds is 7. The van der Waals surface area contributed by atoms with E-state index in [0.29, 0.717) is 18.3 Å². The number of fused-ring (bicyclic) bond motifs is 1. The molecule has 0 unspecified atom stereocenters. The van der Waals surface area contributed by atoms with E-state index in [2.05, 4.69) is 35.5 Å². The van der Waals surface area contributed by atoms with Crippen molar-refractivity contribution in [3.8, 4) is 0 Å². The van der Waals surface area contributed by atoms with Crippen molar-refractivity contribution in [1.29, 1.82) is 0 Å². The van der Waals surface area contributed by atoms with Crippen LogP contribution in [-0.4, -0.2) is 55.3 Å². The number of hydrogen-bond donors (Lipinski definition) is 3. The van der Waals surface area contributed by atoms with Gasteiger partial charge < -0.3 is 15.4 Å². The summed E-state index contributed by atoms with van der Waals surface area (Å²) in [7, 11) is 0. The van der Waals surface area contributed by atoms with Gasteiger partial charge >= 0.3 is 18.6 Å². The van der Waals surface area contributed by atoms with E-state index in [0.717, 1.165) is 10.6 Å². The van der Waals surface area contributed by atoms with Gasteiger partial charge in [0, 0.05) is 36.1 Å². The van der Waals surface area contributed by atoms with Gasteiger partial charge in [0.15, 0.2) is 11.5 Å². The van der Waals surface area contributed by atoms with Gasteiger partial charge in [-0.25, -0.2) is 19.2 Å². The third-order valence-corrected chi connectivity index (χ3v) is 5.63. The highest BCUT2D eigenvalue weighted by molar-refractivity contribution is 5.67. The maximum atomic E-state index is 15.0. The predicted molar refractivity (Wildman–Crippen MR) is 116 cm³/mol. The summed E-state index contributed by atoms with van der Waals surface area (Å²) in [4.78, 5) is 19.2. The van der Waals surface area contributed by atoms with Crippen molar-refractivity contribution >= 4 is 23.5 Å². The van der Waals surface area contributed by atoms with Crippen molar-refractivity contribution < 1.29 is 45.0 Å². The van der Waals surface area contributed by atoms with E-state index < -0.39 is 60.3 Å². The number of anilines is 2. The Morgan fingerprint density at radius 3 is 2.63 bits per heavy atom. The number of H-pyrrole nitrogens is 1. The van der Waals surface area contributed by atoms with Crippen LogP contribution in [0.1, 0.15) is 49.6 Å². The highest BCUT2D eigenvalue weighted by atomic mass is 19.4. The number of carbonyl (C=O) groups is 1. The first-order chi connectivity index (χ1) is 17.7. The van der Waals surface area contributed by atoms with Crippen molar-refractivity contribution in [1.82, 2.24) is 29.9 Å². The number of ether oxygens (including phenoxy) is 2. The molecule has 3 N–H and O–H groups in total. The molecule has 1 saturated carbocycles. The molecule has 0 bridgehead atoms. The first-order valence-corrected chi connectivity index (χ1v) is 11.3. The molecule has 1 fully saturated rings. The summed E-state index contributed by atoms with van der Waals surface area (Å²) in [6.45, 7) is 2.34. The molecule has 0 aliphatic heterocycles. The molecular formula is C21H22F7N7O3. The Bertz CT molecular complexity index is 1290. The molecule has 3 heterocycles. The minimum absolute atomic E-state index is 0.0458. The minimum atomic E-state index is -5.01. The smallest absolute Gasteiger partial charge is 0.443 e. The number of imidazole rings is 1. The molecule has 3 aromatic heterocycles. The van der Waals surface area contributed by atoms with Crippen LogP contribution < -0.4 is 10.6 Å². The van der Waals surface area contributed by atoms with Gasteiger partial charge in [-0.3, -0.25) is 14.2 Å². The monoisotopic (exact) mass is 553 g/mol. The summed E-state index contributed by atoms with van der Waals surface area (Å²) in [5.74, 6) is -0.897. The second-order valence-electron chi connectivity index (χ2n) is 8.86. The molecule has 0 spiro atoms. The molecule has 0 saturated heterocycles. The molecule has 0 radical (unpaired) electrons. The molecule has 4 rings (SSSR count). The standard InChI is InChI=1S/C21H22F7N7O3/c1-9(2)30-19(36)38-14-4-3-11(16(14)22)13-5-15(34-33-13)32-18-29-6-12(20(23,24)25)17-31-10(7-35(17)18)8-37-21(26,27)28/h5-7,9,11,14,16H,3-4,8H2,1-2H3,(H,30,36)(H2,29,32,33,34)/t11-,14-,16+/m1/s1. The zero-order chi connectivity index (χ0) is 27.8. The molecule has 10 nitrogen and oxygen atoms in total. The average molecular weight is 553 g/mol. The van der Waals surface area contributed by atoms with Crippen LogP contribution in [-0.2, 0) is 22.3 Å². The number of halogens is 7. The Morgan fingerprint density at radius 2 is 1.97 bits per heavy atom. The normalized spacial score (nSPS) is 20.3. The number of aromatic nitrogens is 5. The summed E-state index contributed by atoms with van der Waals surface area (Å²) in [5.41, 5.74) is -2.07. The van der Waals surface area contributed by atoms with E-state index in [9.17, 15) is 35.5 Å². The lowest BCUT2D eigenvalue weighted by Crippen LogP contribution is -2.36. The molecule has 17 heteroatoms. The number of hydrogen-bond acceptors (Lipinski definition) is 7. The van der Waals surface area contributed by atoms with Gasteiger partial charge in [0.1, 0.15) is 17.8 Å². The second-order valence-corrected chi connectivity index (χ2v) is 8.86. The molecular weight excluding hydrogens is 531 g/mol. The molecule has 1 aliphatic carbocycles. The molecule has 1 amide bonds. The predicted octanol–water partition coefficient (Wildman–Crippen LogP) is 4.97. The largest absolute Gasteiger partial charge is 0.522 e. The molecule has 1 aliphatic rings. The number of amides is 1. The Hall–Kier alpha value is -3.63. The molecule has 3 aromatic rings. The van der Waals surface area contributed by atoms with E-state index in [-0.39, 0.29) is 24.2 Å². The third-order valence-electron chi connectivity index (χ3n) is 5.63. The van der Waals surface area contributed by atoms with E-state index in [1.54, 1.807) is 13.8 Å². The molecule has 3 atom stereocenters. The van der Waals surface area contributed by atoms with Crippen LogP contribution in [0.3, 0.4) is 0 Å². The topological polar surface area (TPSA) is 118 Å². The number of nitrogens with one attached hydrogen (secondary N) is 3. The Balaban J connectivity index is 1.53. The van der Waals surface area contributed by atoms with E-state index in [1.807, 2.05) is 0 Å². The fourth-order valence-corrected chi connectivity index (χ4v) is 4.03. The fourth-order valence-electron chi connectivity index (χ4n) is 4.03. The maximum Gasteiger partial charge on any atom is 0.522 e. The Labute approximate surface area is 209 Å².